The number of hydrogen-bond acceptors (Lipinski definition) is 10. The Hall–Kier alpha value is -1.31. The average Bonchev–Trinajstić information content (AvgIpc) is 2.52. The lowest BCUT2D eigenvalue weighted by atomic mass is 9.97. The summed E-state index contributed by atoms with van der Waals surface area (Å²) in [6.45, 7) is 3.55. The molecule has 1 aliphatic rings. The number of aliphatic hydroxyl groups excluding tert-OH is 4. The van der Waals surface area contributed by atoms with Gasteiger partial charge in [0.25, 0.3) is 0 Å². The Morgan fingerprint density at radius 2 is 1.84 bits per heavy atom. The second kappa shape index (κ2) is 8.87. The van der Waals surface area contributed by atoms with Crippen LogP contribution < -0.4 is 10.6 Å². The van der Waals surface area contributed by atoms with Gasteiger partial charge in [-0.3, -0.25) is 9.59 Å². The van der Waals surface area contributed by atoms with Gasteiger partial charge in [-0.1, -0.05) is 0 Å². The largest absolute Gasteiger partial charge is 0.394 e. The van der Waals surface area contributed by atoms with Gasteiger partial charge in [0.1, 0.15) is 30.5 Å². The van der Waals surface area contributed by atoms with E-state index in [2.05, 4.69) is 15.2 Å². The van der Waals surface area contributed by atoms with E-state index in [1.807, 2.05) is 0 Å². The molecular weight excluding hydrogens is 358 g/mol. The van der Waals surface area contributed by atoms with Crippen LogP contribution in [0.5, 0.6) is 0 Å². The van der Waals surface area contributed by atoms with Crippen molar-refractivity contribution >= 4 is 23.8 Å². The summed E-state index contributed by atoms with van der Waals surface area (Å²) in [6, 6.07) is -1.21. The number of nitrogens with zero attached hydrogens (tertiary/aromatic N) is 1. The maximum atomic E-state index is 12.5. The highest BCUT2D eigenvalue weighted by atomic mass is 32.2. The molecule has 0 unspecified atom stereocenters. The predicted octanol–water partition coefficient (Wildman–Crippen LogP) is -2.40. The van der Waals surface area contributed by atoms with E-state index in [9.17, 15) is 29.8 Å². The standard InChI is InChI=1S/C13H23N3O8S/c1-5(18)14-10(13(2,3)25-16-23)11(22)15-12-9(21)8(20)7(19)6(4-17)24-12/h6-10,12,17,19-21H,4H2,1-3H3,(H,14,18)(H,15,22)/t6-,7+,8-,9+,10-,12-/m1/s1. The average molecular weight is 381 g/mol. The van der Waals surface area contributed by atoms with E-state index in [4.69, 9.17) is 9.84 Å². The van der Waals surface area contributed by atoms with Crippen LogP contribution in [0, 0.1) is 4.91 Å². The SMILES string of the molecule is CC(=O)N[C@H](C(=O)N[C@@H]1O[C@H](CO)[C@H](O)[C@@H](O)[C@@H]1O)C(C)(C)SN=O. The van der Waals surface area contributed by atoms with E-state index in [0.29, 0.717) is 11.9 Å². The first-order valence-corrected chi connectivity index (χ1v) is 8.21. The molecule has 1 rings (SSSR count). The molecule has 1 saturated heterocycles. The molecular formula is C13H23N3O8S. The molecule has 0 spiro atoms. The zero-order valence-corrected chi connectivity index (χ0v) is 14.8. The summed E-state index contributed by atoms with van der Waals surface area (Å²) in [6.07, 6.45) is -7.52. The number of hydrogen-bond donors (Lipinski definition) is 6. The minimum absolute atomic E-state index is 0.534. The molecule has 6 N–H and O–H groups in total. The minimum Gasteiger partial charge on any atom is -0.394 e. The second-order valence-corrected chi connectivity index (χ2v) is 7.54. The summed E-state index contributed by atoms with van der Waals surface area (Å²) in [5.74, 6) is -1.34. The van der Waals surface area contributed by atoms with E-state index in [1.54, 1.807) is 0 Å². The molecule has 2 amide bonds. The van der Waals surface area contributed by atoms with Crippen LogP contribution in [-0.4, -0.2) is 80.3 Å². The second-order valence-electron chi connectivity index (χ2n) is 6.16. The van der Waals surface area contributed by atoms with E-state index in [-0.39, 0.29) is 0 Å². The molecule has 12 heteroatoms. The van der Waals surface area contributed by atoms with E-state index >= 15 is 0 Å². The number of nitrogens with one attached hydrogen (secondary N) is 2. The van der Waals surface area contributed by atoms with Gasteiger partial charge in [0, 0.05) is 23.5 Å². The third kappa shape index (κ3) is 5.33. The van der Waals surface area contributed by atoms with E-state index < -0.39 is 59.9 Å². The van der Waals surface area contributed by atoms with E-state index in [1.165, 1.54) is 20.8 Å². The van der Waals surface area contributed by atoms with Crippen molar-refractivity contribution < 1.29 is 34.8 Å². The normalized spacial score (nSPS) is 31.1. The highest BCUT2D eigenvalue weighted by Crippen LogP contribution is 2.29. The smallest absolute Gasteiger partial charge is 0.246 e. The Labute approximate surface area is 148 Å². The first-order valence-electron chi connectivity index (χ1n) is 7.44. The molecule has 1 aliphatic heterocycles. The molecule has 0 aromatic rings. The molecule has 0 aromatic heterocycles. The van der Waals surface area contributed by atoms with Gasteiger partial charge >= 0.3 is 0 Å². The lowest BCUT2D eigenvalue weighted by Gasteiger charge is -2.41. The molecule has 0 aromatic carbocycles. The molecule has 144 valence electrons. The fourth-order valence-electron chi connectivity index (χ4n) is 2.35. The Bertz CT molecular complexity index is 504. The van der Waals surface area contributed by atoms with Crippen LogP contribution in [0.3, 0.4) is 0 Å². The maximum Gasteiger partial charge on any atom is 0.246 e. The van der Waals surface area contributed by atoms with Crippen molar-refractivity contribution in [1.29, 1.82) is 0 Å². The summed E-state index contributed by atoms with van der Waals surface area (Å²) in [7, 11) is 0. The Balaban J connectivity index is 2.94. The molecule has 0 bridgehead atoms. The Kier molecular flexibility index (Phi) is 7.71. The molecule has 0 saturated carbocycles. The summed E-state index contributed by atoms with van der Waals surface area (Å²) in [4.78, 5) is 34.4. The summed E-state index contributed by atoms with van der Waals surface area (Å²) < 4.78 is 6.74. The van der Waals surface area contributed by atoms with Crippen molar-refractivity contribution in [3.8, 4) is 0 Å². The van der Waals surface area contributed by atoms with Crippen molar-refractivity contribution in [2.45, 2.75) is 62.2 Å². The minimum atomic E-state index is -1.67. The van der Waals surface area contributed by atoms with Crippen LogP contribution >= 0.6 is 11.9 Å². The lowest BCUT2D eigenvalue weighted by Crippen LogP contribution is -2.66. The first kappa shape index (κ1) is 21.7. The van der Waals surface area contributed by atoms with Crippen LogP contribution in [0.15, 0.2) is 4.58 Å². The van der Waals surface area contributed by atoms with Gasteiger partial charge in [-0.05, 0) is 13.8 Å². The van der Waals surface area contributed by atoms with Crippen molar-refractivity contribution in [3.05, 3.63) is 4.91 Å². The number of rotatable bonds is 7. The monoisotopic (exact) mass is 381 g/mol. The first-order chi connectivity index (χ1) is 11.5. The van der Waals surface area contributed by atoms with Gasteiger partial charge in [0.2, 0.25) is 11.8 Å². The van der Waals surface area contributed by atoms with Crippen LogP contribution in [0.2, 0.25) is 0 Å². The molecule has 0 aliphatic carbocycles. The van der Waals surface area contributed by atoms with Gasteiger partial charge in [0.15, 0.2) is 6.23 Å². The van der Waals surface area contributed by atoms with Crippen LogP contribution in [0.1, 0.15) is 20.8 Å². The van der Waals surface area contributed by atoms with Crippen LogP contribution in [-0.2, 0) is 14.3 Å². The van der Waals surface area contributed by atoms with Crippen molar-refractivity contribution in [2.75, 3.05) is 6.61 Å². The lowest BCUT2D eigenvalue weighted by molar-refractivity contribution is -0.236. The number of carbonyl (C=O) groups excluding carboxylic acids is 2. The molecule has 0 radical (unpaired) electrons. The highest BCUT2D eigenvalue weighted by molar-refractivity contribution is 7.99. The molecule has 1 heterocycles. The topological polar surface area (TPSA) is 178 Å². The van der Waals surface area contributed by atoms with Gasteiger partial charge in [-0.25, -0.2) is 0 Å². The van der Waals surface area contributed by atoms with Crippen LogP contribution in [0.25, 0.3) is 0 Å². The third-order valence-electron chi connectivity index (χ3n) is 3.75. The predicted molar refractivity (Wildman–Crippen MR) is 87.0 cm³/mol. The Morgan fingerprint density at radius 1 is 1.24 bits per heavy atom. The number of nitroso groups, excluding NO2 is 1. The molecule has 25 heavy (non-hydrogen) atoms. The molecule has 11 nitrogen and oxygen atoms in total. The third-order valence-corrected chi connectivity index (χ3v) is 4.54. The zero-order chi connectivity index (χ0) is 19.4. The summed E-state index contributed by atoms with van der Waals surface area (Å²) in [5, 5.41) is 43.2. The van der Waals surface area contributed by atoms with Crippen LogP contribution in [0.4, 0.5) is 0 Å². The molecule has 1 fully saturated rings. The van der Waals surface area contributed by atoms with Crippen molar-refractivity contribution in [1.82, 2.24) is 10.6 Å². The number of aliphatic hydroxyl groups is 4. The summed E-state index contributed by atoms with van der Waals surface area (Å²) in [5.41, 5.74) is 0. The number of amides is 2. The Morgan fingerprint density at radius 3 is 2.32 bits per heavy atom. The summed E-state index contributed by atoms with van der Waals surface area (Å²) >= 11 is 0.542. The van der Waals surface area contributed by atoms with E-state index in [0.717, 1.165) is 0 Å². The van der Waals surface area contributed by atoms with Gasteiger partial charge in [-0.15, -0.1) is 4.91 Å². The zero-order valence-electron chi connectivity index (χ0n) is 13.9. The number of ether oxygens (including phenoxy) is 1. The van der Waals surface area contributed by atoms with Gasteiger partial charge in [-0.2, -0.15) is 0 Å². The maximum absolute atomic E-state index is 12.5. The fourth-order valence-corrected chi connectivity index (χ4v) is 2.81. The quantitative estimate of drug-likeness (QED) is 0.207. The van der Waals surface area contributed by atoms with Crippen molar-refractivity contribution in [3.63, 3.8) is 0 Å². The highest BCUT2D eigenvalue weighted by Gasteiger charge is 2.46. The van der Waals surface area contributed by atoms with Crippen molar-refractivity contribution in [2.24, 2.45) is 4.58 Å². The molecule has 6 atom stereocenters. The number of carbonyl (C=O) groups is 2. The fraction of sp³-hybridized carbons (Fsp3) is 0.846. The van der Waals surface area contributed by atoms with Gasteiger partial charge in [0.05, 0.1) is 11.4 Å². The van der Waals surface area contributed by atoms with Gasteiger partial charge < -0.3 is 35.8 Å².